The van der Waals surface area contributed by atoms with Crippen LogP contribution in [0.1, 0.15) is 46.5 Å². The molecule has 2 atom stereocenters. The molecule has 4 heteroatoms. The zero-order valence-corrected chi connectivity index (χ0v) is 12.8. The van der Waals surface area contributed by atoms with Crippen molar-refractivity contribution in [2.45, 2.75) is 52.5 Å². The second-order valence-corrected chi connectivity index (χ2v) is 5.87. The van der Waals surface area contributed by atoms with Crippen molar-refractivity contribution in [3.8, 4) is 0 Å². The van der Waals surface area contributed by atoms with Crippen LogP contribution < -0.4 is 11.1 Å². The Morgan fingerprint density at radius 1 is 1.37 bits per heavy atom. The first-order valence-electron chi connectivity index (χ1n) is 7.84. The van der Waals surface area contributed by atoms with E-state index >= 15 is 0 Å². The molecule has 0 saturated carbocycles. The van der Waals surface area contributed by atoms with Crippen LogP contribution in [0, 0.1) is 11.8 Å². The first-order chi connectivity index (χ1) is 9.08. The van der Waals surface area contributed by atoms with E-state index in [4.69, 9.17) is 5.73 Å². The minimum atomic E-state index is -0.355. The first-order valence-corrected chi connectivity index (χ1v) is 7.84. The minimum Gasteiger partial charge on any atom is -0.355 e. The third-order valence-electron chi connectivity index (χ3n) is 4.57. The van der Waals surface area contributed by atoms with Crippen molar-refractivity contribution in [2.24, 2.45) is 17.6 Å². The molecular weight excluding hydrogens is 238 g/mol. The minimum absolute atomic E-state index is 0.0142. The molecule has 2 unspecified atom stereocenters. The van der Waals surface area contributed by atoms with Gasteiger partial charge in [0.25, 0.3) is 0 Å². The van der Waals surface area contributed by atoms with E-state index in [1.807, 2.05) is 6.92 Å². The molecule has 0 aromatic carbocycles. The average Bonchev–Trinajstić information content (AvgIpc) is 2.46. The van der Waals surface area contributed by atoms with Gasteiger partial charge in [0.15, 0.2) is 0 Å². The quantitative estimate of drug-likeness (QED) is 0.738. The van der Waals surface area contributed by atoms with Crippen LogP contribution in [0.5, 0.6) is 0 Å². The molecule has 4 nitrogen and oxygen atoms in total. The van der Waals surface area contributed by atoms with Crippen LogP contribution in [0.25, 0.3) is 0 Å². The maximum atomic E-state index is 11.8. The number of carbonyl (C=O) groups excluding carboxylic acids is 1. The summed E-state index contributed by atoms with van der Waals surface area (Å²) in [6, 6.07) is -0.355. The summed E-state index contributed by atoms with van der Waals surface area (Å²) < 4.78 is 0. The number of piperidine rings is 1. The smallest absolute Gasteiger partial charge is 0.237 e. The number of nitrogens with zero attached hydrogens (tertiary/aromatic N) is 1. The van der Waals surface area contributed by atoms with Crippen LogP contribution in [-0.2, 0) is 4.79 Å². The van der Waals surface area contributed by atoms with E-state index in [2.05, 4.69) is 24.1 Å². The number of amides is 1. The lowest BCUT2D eigenvalue weighted by Crippen LogP contribution is -2.45. The Labute approximate surface area is 118 Å². The fraction of sp³-hybridized carbons (Fsp3) is 0.933. The predicted molar refractivity (Wildman–Crippen MR) is 79.9 cm³/mol. The second-order valence-electron chi connectivity index (χ2n) is 5.87. The number of nitrogens with two attached hydrogens (primary N) is 1. The Balaban J connectivity index is 2.15. The van der Waals surface area contributed by atoms with Crippen molar-refractivity contribution < 1.29 is 4.79 Å². The second kappa shape index (κ2) is 8.54. The lowest BCUT2D eigenvalue weighted by molar-refractivity contribution is -0.123. The van der Waals surface area contributed by atoms with E-state index in [0.29, 0.717) is 0 Å². The molecule has 0 aromatic heterocycles. The molecule has 1 amide bonds. The summed E-state index contributed by atoms with van der Waals surface area (Å²) in [5.41, 5.74) is 5.91. The van der Waals surface area contributed by atoms with Gasteiger partial charge in [-0.15, -0.1) is 0 Å². The summed E-state index contributed by atoms with van der Waals surface area (Å²) in [6.45, 7) is 10.7. The molecule has 1 aliphatic heterocycles. The van der Waals surface area contributed by atoms with Crippen LogP contribution in [0.4, 0.5) is 0 Å². The molecule has 1 rings (SSSR count). The van der Waals surface area contributed by atoms with Gasteiger partial charge in [-0.3, -0.25) is 4.79 Å². The fourth-order valence-corrected chi connectivity index (χ4v) is 2.62. The Morgan fingerprint density at radius 3 is 2.53 bits per heavy atom. The summed E-state index contributed by atoms with van der Waals surface area (Å²) in [5.74, 6) is 1.04. The Kier molecular flexibility index (Phi) is 7.39. The van der Waals surface area contributed by atoms with Gasteiger partial charge < -0.3 is 16.0 Å². The summed E-state index contributed by atoms with van der Waals surface area (Å²) in [5, 5.41) is 2.99. The monoisotopic (exact) mass is 269 g/mol. The molecule has 19 heavy (non-hydrogen) atoms. The van der Waals surface area contributed by atoms with E-state index in [1.54, 1.807) is 0 Å². The Morgan fingerprint density at radius 2 is 2.00 bits per heavy atom. The van der Waals surface area contributed by atoms with Gasteiger partial charge in [0.2, 0.25) is 5.91 Å². The van der Waals surface area contributed by atoms with Crippen molar-refractivity contribution >= 4 is 5.91 Å². The van der Waals surface area contributed by atoms with Crippen LogP contribution in [0.15, 0.2) is 0 Å². The number of hydrogen-bond acceptors (Lipinski definition) is 3. The molecule has 3 N–H and O–H groups in total. The highest BCUT2D eigenvalue weighted by Crippen LogP contribution is 2.19. The lowest BCUT2D eigenvalue weighted by atomic mass is 9.93. The van der Waals surface area contributed by atoms with Gasteiger partial charge in [0, 0.05) is 6.54 Å². The van der Waals surface area contributed by atoms with E-state index in [9.17, 15) is 4.79 Å². The molecule has 0 spiro atoms. The average molecular weight is 269 g/mol. The van der Waals surface area contributed by atoms with Crippen molar-refractivity contribution in [1.29, 1.82) is 0 Å². The molecule has 1 heterocycles. The molecule has 0 aromatic rings. The molecule has 0 radical (unpaired) electrons. The predicted octanol–water partition coefficient (Wildman–Crippen LogP) is 1.60. The van der Waals surface area contributed by atoms with Crippen molar-refractivity contribution in [1.82, 2.24) is 10.2 Å². The Bertz CT molecular complexity index is 262. The third-order valence-corrected chi connectivity index (χ3v) is 4.57. The molecule has 0 bridgehead atoms. The van der Waals surface area contributed by atoms with E-state index in [0.717, 1.165) is 31.8 Å². The van der Waals surface area contributed by atoms with Gasteiger partial charge in [-0.2, -0.15) is 0 Å². The van der Waals surface area contributed by atoms with Gasteiger partial charge in [0.05, 0.1) is 6.04 Å². The van der Waals surface area contributed by atoms with Gasteiger partial charge >= 0.3 is 0 Å². The van der Waals surface area contributed by atoms with Gasteiger partial charge in [-0.1, -0.05) is 27.2 Å². The van der Waals surface area contributed by atoms with Gasteiger partial charge in [-0.25, -0.2) is 0 Å². The van der Waals surface area contributed by atoms with Gasteiger partial charge in [0.1, 0.15) is 0 Å². The zero-order chi connectivity index (χ0) is 14.3. The molecule has 112 valence electrons. The number of carbonyl (C=O) groups is 1. The van der Waals surface area contributed by atoms with E-state index in [-0.39, 0.29) is 17.9 Å². The highest BCUT2D eigenvalue weighted by Gasteiger charge is 2.20. The molecule has 0 aliphatic carbocycles. The first kappa shape index (κ1) is 16.4. The number of hydrogen-bond donors (Lipinski definition) is 2. The van der Waals surface area contributed by atoms with E-state index < -0.39 is 0 Å². The van der Waals surface area contributed by atoms with Crippen molar-refractivity contribution in [3.63, 3.8) is 0 Å². The highest BCUT2D eigenvalue weighted by atomic mass is 16.2. The molecule has 1 fully saturated rings. The topological polar surface area (TPSA) is 58.4 Å². The lowest BCUT2D eigenvalue weighted by Gasteiger charge is -2.31. The zero-order valence-electron chi connectivity index (χ0n) is 12.8. The fourth-order valence-electron chi connectivity index (χ4n) is 2.62. The largest absolute Gasteiger partial charge is 0.355 e. The number of likely N-dealkylation sites (tertiary alicyclic amines) is 1. The van der Waals surface area contributed by atoms with Crippen LogP contribution in [-0.4, -0.2) is 43.0 Å². The summed E-state index contributed by atoms with van der Waals surface area (Å²) in [4.78, 5) is 14.3. The van der Waals surface area contributed by atoms with Crippen LogP contribution >= 0.6 is 0 Å². The standard InChI is InChI=1S/C15H31N3O/c1-4-12(3)14(16)15(19)17-9-6-13-7-10-18(5-2)11-8-13/h12-14H,4-11,16H2,1-3H3,(H,17,19). The van der Waals surface area contributed by atoms with Crippen molar-refractivity contribution in [3.05, 3.63) is 0 Å². The molecule has 1 aliphatic rings. The summed E-state index contributed by atoms with van der Waals surface area (Å²) in [6.07, 6.45) is 4.57. The Hall–Kier alpha value is -0.610. The van der Waals surface area contributed by atoms with Gasteiger partial charge in [-0.05, 0) is 50.7 Å². The van der Waals surface area contributed by atoms with E-state index in [1.165, 1.54) is 25.9 Å². The maximum absolute atomic E-state index is 11.8. The SMILES string of the molecule is CCC(C)C(N)C(=O)NCCC1CCN(CC)CC1. The highest BCUT2D eigenvalue weighted by molar-refractivity contribution is 5.81. The maximum Gasteiger partial charge on any atom is 0.237 e. The molecule has 1 saturated heterocycles. The van der Waals surface area contributed by atoms with Crippen LogP contribution in [0.3, 0.4) is 0 Å². The molecular formula is C15H31N3O. The third kappa shape index (κ3) is 5.49. The number of nitrogens with one attached hydrogen (secondary N) is 1. The van der Waals surface area contributed by atoms with Crippen molar-refractivity contribution in [2.75, 3.05) is 26.2 Å². The number of rotatable bonds is 7. The van der Waals surface area contributed by atoms with Crippen LogP contribution in [0.2, 0.25) is 0 Å². The summed E-state index contributed by atoms with van der Waals surface area (Å²) >= 11 is 0. The normalized spacial score (nSPS) is 21.1. The summed E-state index contributed by atoms with van der Waals surface area (Å²) in [7, 11) is 0.